The van der Waals surface area contributed by atoms with E-state index in [1.54, 1.807) is 4.90 Å². The number of aliphatic hydroxyl groups excluding tert-OH is 1. The molecule has 1 rings (SSSR count). The molecule has 1 fully saturated rings. The first-order valence-electron chi connectivity index (χ1n) is 4.84. The molecule has 4 nitrogen and oxygen atoms in total. The largest absolute Gasteiger partial charge is 0.396 e. The Balaban J connectivity index is 2.25. The summed E-state index contributed by atoms with van der Waals surface area (Å²) < 4.78 is 0. The molecule has 0 saturated carbocycles. The zero-order valence-electron chi connectivity index (χ0n) is 8.07. The van der Waals surface area contributed by atoms with Crippen LogP contribution in [0.5, 0.6) is 0 Å². The van der Waals surface area contributed by atoms with Crippen LogP contribution in [-0.4, -0.2) is 41.7 Å². The van der Waals surface area contributed by atoms with Crippen LogP contribution in [0.25, 0.3) is 0 Å². The summed E-state index contributed by atoms with van der Waals surface area (Å²) in [4.78, 5) is 13.2. The van der Waals surface area contributed by atoms with Crippen LogP contribution in [0.3, 0.4) is 0 Å². The average molecular weight is 186 g/mol. The normalized spacial score (nSPS) is 19.8. The Morgan fingerprint density at radius 3 is 2.77 bits per heavy atom. The van der Waals surface area contributed by atoms with E-state index in [1.807, 2.05) is 6.92 Å². The first kappa shape index (κ1) is 10.5. The molecule has 1 aliphatic heterocycles. The monoisotopic (exact) mass is 186 g/mol. The standard InChI is InChI=1S/C9H18N2O2/c1-2-3-8(10)9(13)11-4-7(5-11)6-12/h7-8,12H,2-6,10H2,1H3/t8-/m0/s1. The molecule has 0 spiro atoms. The highest BCUT2D eigenvalue weighted by atomic mass is 16.3. The maximum atomic E-state index is 11.5. The summed E-state index contributed by atoms with van der Waals surface area (Å²) in [5.74, 6) is 0.310. The van der Waals surface area contributed by atoms with E-state index in [4.69, 9.17) is 10.8 Å². The van der Waals surface area contributed by atoms with Crippen LogP contribution < -0.4 is 5.73 Å². The highest BCUT2D eigenvalue weighted by molar-refractivity contribution is 5.82. The second kappa shape index (κ2) is 4.58. The van der Waals surface area contributed by atoms with Gasteiger partial charge >= 0.3 is 0 Å². The lowest BCUT2D eigenvalue weighted by molar-refractivity contribution is -0.140. The molecule has 1 amide bonds. The van der Waals surface area contributed by atoms with E-state index in [2.05, 4.69) is 0 Å². The summed E-state index contributed by atoms with van der Waals surface area (Å²) in [6.07, 6.45) is 1.68. The van der Waals surface area contributed by atoms with Crippen LogP contribution in [0.2, 0.25) is 0 Å². The Bertz CT molecular complexity index is 178. The van der Waals surface area contributed by atoms with Crippen molar-refractivity contribution >= 4 is 5.91 Å². The number of nitrogens with two attached hydrogens (primary N) is 1. The zero-order chi connectivity index (χ0) is 9.84. The zero-order valence-corrected chi connectivity index (χ0v) is 8.07. The second-order valence-electron chi connectivity index (χ2n) is 3.69. The third-order valence-corrected chi connectivity index (χ3v) is 2.44. The number of nitrogens with zero attached hydrogens (tertiary/aromatic N) is 1. The first-order valence-corrected chi connectivity index (χ1v) is 4.84. The Hall–Kier alpha value is -0.610. The number of carbonyl (C=O) groups is 1. The number of amides is 1. The topological polar surface area (TPSA) is 66.6 Å². The Kier molecular flexibility index (Phi) is 3.69. The molecule has 0 aromatic heterocycles. The van der Waals surface area contributed by atoms with Gasteiger partial charge in [-0.25, -0.2) is 0 Å². The van der Waals surface area contributed by atoms with E-state index in [9.17, 15) is 4.79 Å². The van der Waals surface area contributed by atoms with E-state index in [1.165, 1.54) is 0 Å². The summed E-state index contributed by atoms with van der Waals surface area (Å²) in [5, 5.41) is 8.76. The maximum Gasteiger partial charge on any atom is 0.239 e. The molecule has 1 saturated heterocycles. The Morgan fingerprint density at radius 1 is 1.69 bits per heavy atom. The number of carbonyl (C=O) groups excluding carboxylic acids is 1. The minimum atomic E-state index is -0.343. The van der Waals surface area contributed by atoms with Gasteiger partial charge in [-0.1, -0.05) is 13.3 Å². The fourth-order valence-electron chi connectivity index (χ4n) is 1.53. The van der Waals surface area contributed by atoms with Crippen molar-refractivity contribution in [3.05, 3.63) is 0 Å². The van der Waals surface area contributed by atoms with Gasteiger partial charge in [-0.3, -0.25) is 4.79 Å². The third-order valence-electron chi connectivity index (χ3n) is 2.44. The number of hydrogen-bond acceptors (Lipinski definition) is 3. The van der Waals surface area contributed by atoms with Gasteiger partial charge in [0, 0.05) is 25.6 Å². The van der Waals surface area contributed by atoms with E-state index in [0.29, 0.717) is 13.1 Å². The number of aliphatic hydroxyl groups is 1. The molecular weight excluding hydrogens is 168 g/mol. The van der Waals surface area contributed by atoms with Crippen molar-refractivity contribution in [3.63, 3.8) is 0 Å². The lowest BCUT2D eigenvalue weighted by Crippen LogP contribution is -2.56. The molecule has 0 unspecified atom stereocenters. The number of likely N-dealkylation sites (tertiary alicyclic amines) is 1. The van der Waals surface area contributed by atoms with Gasteiger partial charge in [-0.2, -0.15) is 0 Å². The molecule has 0 bridgehead atoms. The van der Waals surface area contributed by atoms with Crippen molar-refractivity contribution in [1.82, 2.24) is 4.90 Å². The Labute approximate surface area is 78.7 Å². The van der Waals surface area contributed by atoms with Gasteiger partial charge in [0.15, 0.2) is 0 Å². The highest BCUT2D eigenvalue weighted by Crippen LogP contribution is 2.16. The molecule has 1 atom stereocenters. The van der Waals surface area contributed by atoms with E-state index < -0.39 is 0 Å². The minimum absolute atomic E-state index is 0.0338. The minimum Gasteiger partial charge on any atom is -0.396 e. The van der Waals surface area contributed by atoms with Gasteiger partial charge in [0.25, 0.3) is 0 Å². The van der Waals surface area contributed by atoms with Crippen molar-refractivity contribution < 1.29 is 9.90 Å². The van der Waals surface area contributed by atoms with Gasteiger partial charge in [0.1, 0.15) is 0 Å². The second-order valence-corrected chi connectivity index (χ2v) is 3.69. The summed E-state index contributed by atoms with van der Waals surface area (Å²) in [7, 11) is 0. The molecule has 3 N–H and O–H groups in total. The molecule has 1 heterocycles. The molecule has 0 aromatic carbocycles. The number of hydrogen-bond donors (Lipinski definition) is 2. The van der Waals surface area contributed by atoms with Gasteiger partial charge in [0.05, 0.1) is 6.04 Å². The van der Waals surface area contributed by atoms with Gasteiger partial charge in [-0.05, 0) is 6.42 Å². The predicted molar refractivity (Wildman–Crippen MR) is 50.0 cm³/mol. The van der Waals surface area contributed by atoms with E-state index in [0.717, 1.165) is 12.8 Å². The van der Waals surface area contributed by atoms with Crippen LogP contribution in [0.15, 0.2) is 0 Å². The van der Waals surface area contributed by atoms with Gasteiger partial charge in [0.2, 0.25) is 5.91 Å². The summed E-state index contributed by atoms with van der Waals surface area (Å²) in [5.41, 5.74) is 5.67. The van der Waals surface area contributed by atoms with Gasteiger partial charge < -0.3 is 15.7 Å². The van der Waals surface area contributed by atoms with Crippen LogP contribution in [0.4, 0.5) is 0 Å². The quantitative estimate of drug-likeness (QED) is 0.625. The van der Waals surface area contributed by atoms with Crippen molar-refractivity contribution in [1.29, 1.82) is 0 Å². The van der Waals surface area contributed by atoms with Crippen LogP contribution in [0.1, 0.15) is 19.8 Å². The summed E-state index contributed by atoms with van der Waals surface area (Å²) >= 11 is 0. The fraction of sp³-hybridized carbons (Fsp3) is 0.889. The molecule has 13 heavy (non-hydrogen) atoms. The molecule has 0 aliphatic carbocycles. The molecule has 76 valence electrons. The number of rotatable bonds is 4. The van der Waals surface area contributed by atoms with Crippen molar-refractivity contribution in [2.75, 3.05) is 19.7 Å². The lowest BCUT2D eigenvalue weighted by Gasteiger charge is -2.39. The highest BCUT2D eigenvalue weighted by Gasteiger charge is 2.32. The third kappa shape index (κ3) is 2.42. The Morgan fingerprint density at radius 2 is 2.31 bits per heavy atom. The van der Waals surface area contributed by atoms with Crippen molar-refractivity contribution in [2.45, 2.75) is 25.8 Å². The lowest BCUT2D eigenvalue weighted by atomic mass is 9.99. The van der Waals surface area contributed by atoms with E-state index in [-0.39, 0.29) is 24.5 Å². The van der Waals surface area contributed by atoms with Crippen molar-refractivity contribution in [2.24, 2.45) is 11.7 Å². The average Bonchev–Trinajstić information content (AvgIpc) is 2.02. The van der Waals surface area contributed by atoms with Gasteiger partial charge in [-0.15, -0.1) is 0 Å². The van der Waals surface area contributed by atoms with Crippen molar-refractivity contribution in [3.8, 4) is 0 Å². The van der Waals surface area contributed by atoms with Crippen LogP contribution >= 0.6 is 0 Å². The molecule has 1 aliphatic rings. The maximum absolute atomic E-state index is 11.5. The fourth-order valence-corrected chi connectivity index (χ4v) is 1.53. The van der Waals surface area contributed by atoms with Crippen LogP contribution in [-0.2, 0) is 4.79 Å². The molecule has 0 aromatic rings. The first-order chi connectivity index (χ1) is 6.19. The smallest absolute Gasteiger partial charge is 0.239 e. The van der Waals surface area contributed by atoms with Crippen LogP contribution in [0, 0.1) is 5.92 Å². The van der Waals surface area contributed by atoms with E-state index >= 15 is 0 Å². The molecular formula is C9H18N2O2. The summed E-state index contributed by atoms with van der Waals surface area (Å²) in [6, 6.07) is -0.343. The molecule has 0 radical (unpaired) electrons. The SMILES string of the molecule is CCC[C@H](N)C(=O)N1CC(CO)C1. The molecule has 4 heteroatoms. The summed E-state index contributed by atoms with van der Waals surface area (Å²) in [6.45, 7) is 3.53. The predicted octanol–water partition coefficient (Wildman–Crippen LogP) is -0.435.